The lowest BCUT2D eigenvalue weighted by Crippen LogP contribution is -2.38. The van der Waals surface area contributed by atoms with E-state index in [1.807, 2.05) is 69.2 Å². The third-order valence-corrected chi connectivity index (χ3v) is 33.8. The maximum Gasteiger partial charge on any atom is 0.158 e. The zero-order valence-electron chi connectivity index (χ0n) is 80.5. The fraction of sp³-hybridized carbons (Fsp3) is 0.432. The van der Waals surface area contributed by atoms with Crippen LogP contribution in [0.25, 0.3) is 0 Å². The summed E-state index contributed by atoms with van der Waals surface area (Å²) in [5.74, 6) is 6.52. The molecule has 0 radical (unpaired) electrons. The van der Waals surface area contributed by atoms with Gasteiger partial charge in [0.15, 0.2) is 51.7 Å². The summed E-state index contributed by atoms with van der Waals surface area (Å²) in [5.41, 5.74) is 124. The Labute approximate surface area is 854 Å². The van der Waals surface area contributed by atoms with E-state index >= 15 is 0 Å². The van der Waals surface area contributed by atoms with Gasteiger partial charge in [-0.3, -0.25) is 14.7 Å². The van der Waals surface area contributed by atoms with Crippen LogP contribution in [0.5, 0.6) is 51.7 Å². The lowest BCUT2D eigenvalue weighted by Gasteiger charge is -2.33. The third kappa shape index (κ3) is 29.3. The molecule has 1 saturated heterocycles. The molecule has 0 aliphatic carbocycles. The van der Waals surface area contributed by atoms with Crippen LogP contribution in [0.1, 0.15) is 73.1 Å². The highest BCUT2D eigenvalue weighted by molar-refractivity contribution is 8.02. The van der Waals surface area contributed by atoms with Gasteiger partial charge in [-0.1, -0.05) is 123 Å². The van der Waals surface area contributed by atoms with E-state index in [4.69, 9.17) is 166 Å². The number of thioether (sulfide) groups is 9. The van der Waals surface area contributed by atoms with Crippen LogP contribution in [0.4, 0.5) is 102 Å². The number of likely N-dealkylation sites (N-methyl/N-ethyl adjacent to an activating group) is 2. The normalized spacial score (nSPS) is 20.0. The number of unbranched alkanes of at least 4 members (excludes halogenated alkanes) is 1. The van der Waals surface area contributed by atoms with Crippen molar-refractivity contribution in [2.45, 2.75) is 166 Å². The fourth-order valence-electron chi connectivity index (χ4n) is 14.9. The molecule has 1 fully saturated rings. The van der Waals surface area contributed by atoms with E-state index in [0.29, 0.717) is 183 Å². The minimum absolute atomic E-state index is 0.00611. The van der Waals surface area contributed by atoms with Gasteiger partial charge in [0.2, 0.25) is 0 Å². The highest BCUT2D eigenvalue weighted by Crippen LogP contribution is 2.53. The first kappa shape index (κ1) is 110. The summed E-state index contributed by atoms with van der Waals surface area (Å²) >= 11 is 15.0. The van der Waals surface area contributed by atoms with Gasteiger partial charge in [0.1, 0.15) is 75.8 Å². The largest absolute Gasteiger partial charge is 0.489 e. The van der Waals surface area contributed by atoms with Crippen LogP contribution in [-0.4, -0.2) is 209 Å². The Balaban J connectivity index is 0.000000150. The molecule has 0 aromatic heterocycles. The fourth-order valence-corrected chi connectivity index (χ4v) is 25.2. The topological polar surface area (TPSA) is 618 Å². The zero-order valence-corrected chi connectivity index (χ0v) is 87.8. The molecule has 760 valence electrons. The van der Waals surface area contributed by atoms with Crippen LogP contribution in [0.2, 0.25) is 0 Å². The van der Waals surface area contributed by atoms with Crippen molar-refractivity contribution in [2.75, 3.05) is 244 Å². The smallest absolute Gasteiger partial charge is 0.158 e. The van der Waals surface area contributed by atoms with E-state index in [0.717, 1.165) is 141 Å². The molecule has 9 aromatic rings. The number of nitrogens with two attached hydrogens (primary N) is 19. The van der Waals surface area contributed by atoms with Gasteiger partial charge in [-0.15, -0.1) is 23.5 Å². The monoisotopic (exact) mass is 2080 g/mol. The summed E-state index contributed by atoms with van der Waals surface area (Å²) in [6.07, 6.45) is 7.20. The molecule has 38 N–H and O–H groups in total. The van der Waals surface area contributed by atoms with Gasteiger partial charge in [0.25, 0.3) is 0 Å². The molecular weight excluding hydrogens is 1940 g/mol. The van der Waals surface area contributed by atoms with Crippen molar-refractivity contribution >= 4 is 208 Å². The van der Waals surface area contributed by atoms with Crippen molar-refractivity contribution < 1.29 is 56.8 Å². The van der Waals surface area contributed by atoms with Crippen molar-refractivity contribution in [3.8, 4) is 51.7 Å². The average molecular weight is 2080 g/mol. The van der Waals surface area contributed by atoms with Gasteiger partial charge in [-0.25, -0.2) is 0 Å². The van der Waals surface area contributed by atoms with Crippen molar-refractivity contribution in [3.63, 3.8) is 0 Å². The second kappa shape index (κ2) is 53.0. The molecule has 0 bridgehead atoms. The van der Waals surface area contributed by atoms with E-state index in [-0.39, 0.29) is 21.7 Å². The van der Waals surface area contributed by atoms with Gasteiger partial charge >= 0.3 is 0 Å². The molecule has 0 saturated carbocycles. The molecule has 10 heterocycles. The van der Waals surface area contributed by atoms with Crippen LogP contribution in [0, 0.1) is 0 Å². The molecule has 44 heteroatoms. The maximum absolute atomic E-state index is 6.00. The molecule has 0 spiro atoms. The first-order valence-corrected chi connectivity index (χ1v) is 53.6. The quantitative estimate of drug-likeness (QED) is 0.0400. The predicted molar refractivity (Wildman–Crippen MR) is 588 cm³/mol. The number of hydrogen-bond acceptors (Lipinski definition) is 44. The average Bonchev–Trinajstić information content (AvgIpc) is 1.47. The Morgan fingerprint density at radius 3 is 0.971 bits per heavy atom. The minimum atomic E-state index is -0.0587. The summed E-state index contributed by atoms with van der Waals surface area (Å²) < 4.78 is 66.9. The maximum atomic E-state index is 6.00. The van der Waals surface area contributed by atoms with E-state index in [2.05, 4.69) is 61.4 Å². The number of rotatable bonds is 16. The first-order valence-electron chi connectivity index (χ1n) is 45.7. The molecule has 10 aliphatic rings. The molecule has 0 amide bonds. The second-order valence-corrected chi connectivity index (χ2v) is 44.3. The van der Waals surface area contributed by atoms with Gasteiger partial charge in [0.05, 0.1) is 122 Å². The Bertz CT molecular complexity index is 5410. The van der Waals surface area contributed by atoms with Gasteiger partial charge in [-0.05, 0) is 196 Å². The van der Waals surface area contributed by atoms with Crippen LogP contribution in [0.3, 0.4) is 0 Å². The zero-order chi connectivity index (χ0) is 100. The number of nitrogen functional groups attached to an aromatic ring is 18. The minimum Gasteiger partial charge on any atom is -0.489 e. The Morgan fingerprint density at radius 2 is 0.612 bits per heavy atom. The molecule has 9 atom stereocenters. The van der Waals surface area contributed by atoms with E-state index in [9.17, 15) is 0 Å². The third-order valence-electron chi connectivity index (χ3n) is 22.2. The van der Waals surface area contributed by atoms with Gasteiger partial charge in [0, 0.05) is 83.3 Å². The second-order valence-electron chi connectivity index (χ2n) is 33.3. The van der Waals surface area contributed by atoms with E-state index in [1.54, 1.807) is 162 Å². The number of likely N-dealkylation sites (tertiary alicyclic amines) is 1. The molecule has 139 heavy (non-hydrogen) atoms. The summed E-state index contributed by atoms with van der Waals surface area (Å²) in [6.45, 7) is 22.7. The molecule has 9 unspecified atom stereocenters. The Kier molecular flexibility index (Phi) is 41.8. The van der Waals surface area contributed by atoms with Crippen LogP contribution in [-0.2, 0) is 14.2 Å². The number of hydrogen-bond donors (Lipinski definition) is 19. The van der Waals surface area contributed by atoms with Crippen LogP contribution < -0.4 is 152 Å². The number of fused-ring (bicyclic) bond motifs is 9. The van der Waals surface area contributed by atoms with Crippen molar-refractivity contribution in [1.82, 2.24) is 19.6 Å². The molecule has 10 aliphatic heterocycles. The number of anilines is 18. The molecular formula is C95H139N23O12S9. The SMILES string of the molecule is CCCCC1COc2c(N)ccc(N)c2S1.CCCOC1COc2c(N)ccc(N)c2S1.CCN(CC)C1COc2c(N)ccc(N)c2S1.CCOC1COc2c(N)ccc(N)c2S1.CN(C)C1COc2c(N)ccc(N)c2S1.CN(C)CC1COc2c(N)ccc(N)c2S1.COC1COc2c(N)ccc(N)c2S1.Nc1ccc(N)c2c1OCC(N)S2.Nc1ccc(N)c2c1OCC(N1CCCC1)S2. The number of methoxy groups -OCH3 is 1. The summed E-state index contributed by atoms with van der Waals surface area (Å²) in [4.78, 5) is 17.6. The number of ether oxygens (including phenoxy) is 12. The lowest BCUT2D eigenvalue weighted by molar-refractivity contribution is 0.0723. The lowest BCUT2D eigenvalue weighted by atomic mass is 10.2. The first-order chi connectivity index (χ1) is 66.6. The summed E-state index contributed by atoms with van der Waals surface area (Å²) in [6, 6.07) is 32.4. The molecule has 9 aromatic carbocycles. The summed E-state index contributed by atoms with van der Waals surface area (Å²) in [5, 5.41) is 1.86. The van der Waals surface area contributed by atoms with Gasteiger partial charge < -0.3 is 171 Å². The standard InChI is InChI=1S/C12H17N3OS.C12H19N3OS.C12H18N2OS.C11H17N3OS.C11H16N2O2S.C10H15N3OS.C10H14N2O2S.C9H12N2O2S.C8H11N3OS/c13-8-3-4-9(14)12-11(8)16-7-10(17-12)15-5-1-2-6-15;1-3-15(4-2)10-7-16-11-8(13)5-6-9(14)12(11)17-10;1-2-3-4-8-7-15-11-9(13)5-6-10(14)12(11)16-8;1-14(2)5-7-6-15-10-8(12)3-4-9(13)11(10)16-7;1-2-5-14-9-6-15-10-7(12)3-4-8(13)11(10)16-9;1-13(2)8-5-14-9-6(11)3-4-7(12)10(9)15-8;1-2-13-8-5-14-9-6(11)3-4-7(12)10(9)15-8;1-12-7-4-13-8-5(10)2-3-6(11)9(8)14-7;9-4-1-2-5(10)8-7(4)12-3-6(11)13-8/h3-4,10H,1-2,5-7,13-14H2;5-6,10H,3-4,7,13-14H2,1-2H3;5-6,8H,2-4,7,13-14H2,1H3;3-4,7H,5-6,12-13H2,1-2H3;3-4,9H,2,5-6,12-13H2,1H3;3-4,8H,5,11-12H2,1-2H3;3-4,8H,2,5,11-12H2,1H3;2-3,7H,4,10-11H2,1H3;1-2,6H,3,9-11H2. The van der Waals surface area contributed by atoms with Crippen LogP contribution >= 0.6 is 106 Å². The summed E-state index contributed by atoms with van der Waals surface area (Å²) in [7, 11) is 9.80. The predicted octanol–water partition coefficient (Wildman–Crippen LogP) is 14.9. The van der Waals surface area contributed by atoms with Crippen molar-refractivity contribution in [2.24, 2.45) is 5.73 Å². The highest BCUT2D eigenvalue weighted by atomic mass is 32.2. The number of benzene rings is 9. The molecule has 19 rings (SSSR count). The van der Waals surface area contributed by atoms with Crippen LogP contribution in [0.15, 0.2) is 153 Å². The van der Waals surface area contributed by atoms with E-state index < -0.39 is 0 Å². The number of nitrogens with zero attached hydrogens (tertiary/aromatic N) is 4. The molecule has 35 nitrogen and oxygen atoms in total. The Hall–Kier alpha value is -9.59. The van der Waals surface area contributed by atoms with Gasteiger partial charge in [-0.2, -0.15) is 0 Å². The Morgan fingerprint density at radius 1 is 0.317 bits per heavy atom. The van der Waals surface area contributed by atoms with Crippen molar-refractivity contribution in [3.05, 3.63) is 109 Å². The van der Waals surface area contributed by atoms with Crippen molar-refractivity contribution in [1.29, 1.82) is 0 Å². The highest BCUT2D eigenvalue weighted by Gasteiger charge is 2.35. The van der Waals surface area contributed by atoms with E-state index in [1.165, 1.54) is 57.0 Å².